The number of carbonyl (C=O) groups is 2. The number of rotatable bonds is 13. The van der Waals surface area contributed by atoms with Crippen molar-refractivity contribution in [3.63, 3.8) is 0 Å². The number of likely N-dealkylation sites (N-methyl/N-ethyl adjacent to an activating group) is 1. The second-order valence-electron chi connectivity index (χ2n) is 10.7. The molecule has 46 heavy (non-hydrogen) atoms. The normalized spacial score (nSPS) is 11.7. The summed E-state index contributed by atoms with van der Waals surface area (Å²) >= 11 is 0. The minimum Gasteiger partial charge on any atom is -0.497 e. The van der Waals surface area contributed by atoms with E-state index >= 15 is 0 Å². The summed E-state index contributed by atoms with van der Waals surface area (Å²) < 4.78 is 34.5. The first kappa shape index (κ1) is 33.7. The number of amides is 2. The Morgan fingerprint density at radius 1 is 0.913 bits per heavy atom. The van der Waals surface area contributed by atoms with Gasteiger partial charge in [0.15, 0.2) is 0 Å². The van der Waals surface area contributed by atoms with Crippen LogP contribution >= 0.6 is 0 Å². The molecule has 4 aromatic carbocycles. The zero-order valence-corrected chi connectivity index (χ0v) is 26.9. The average Bonchev–Trinajstić information content (AvgIpc) is 3.06. The zero-order valence-electron chi connectivity index (χ0n) is 26.0. The Kier molecular flexibility index (Phi) is 10.8. The van der Waals surface area contributed by atoms with Crippen LogP contribution in [0, 0.1) is 24.0 Å². The molecule has 0 saturated carbocycles. The summed E-state index contributed by atoms with van der Waals surface area (Å²) in [5.41, 5.74) is 2.61. The van der Waals surface area contributed by atoms with Gasteiger partial charge in [-0.1, -0.05) is 66.2 Å². The van der Waals surface area contributed by atoms with Crippen molar-refractivity contribution in [2.75, 3.05) is 25.0 Å². The fourth-order valence-electron chi connectivity index (χ4n) is 4.96. The third kappa shape index (κ3) is 7.88. The monoisotopic (exact) mass is 644 g/mol. The number of hydrogen-bond donors (Lipinski definition) is 1. The predicted molar refractivity (Wildman–Crippen MR) is 175 cm³/mol. The average molecular weight is 645 g/mol. The van der Waals surface area contributed by atoms with Crippen LogP contribution in [0.15, 0.2) is 102 Å². The molecule has 1 N–H and O–H groups in total. The minimum atomic E-state index is -4.52. The molecule has 4 aromatic rings. The molecule has 0 bridgehead atoms. The number of benzene rings is 4. The van der Waals surface area contributed by atoms with Crippen LogP contribution in [0.3, 0.4) is 0 Å². The Balaban J connectivity index is 1.82. The van der Waals surface area contributed by atoms with E-state index in [1.54, 1.807) is 12.1 Å². The maximum Gasteiger partial charge on any atom is 0.273 e. The largest absolute Gasteiger partial charge is 0.497 e. The first-order chi connectivity index (χ1) is 21.9. The zero-order chi connectivity index (χ0) is 33.4. The number of hydrogen-bond acceptors (Lipinski definition) is 7. The van der Waals surface area contributed by atoms with E-state index in [2.05, 4.69) is 5.32 Å². The molecule has 0 aliphatic carbocycles. The van der Waals surface area contributed by atoms with E-state index in [9.17, 15) is 28.1 Å². The van der Waals surface area contributed by atoms with Crippen molar-refractivity contribution in [2.45, 2.75) is 37.8 Å². The number of ether oxygens (including phenoxy) is 1. The smallest absolute Gasteiger partial charge is 0.273 e. The number of carbonyl (C=O) groups excluding carboxylic acids is 2. The SMILES string of the molecule is CNC(=O)C(Cc1ccccc1)N(Cc1ccc(C)cc1)C(=O)CN(c1ccc(OC)cc1)S(=O)(=O)c1ccc(C)c([N+](=O)[O-])c1. The molecule has 0 aliphatic heterocycles. The Bertz CT molecular complexity index is 1800. The van der Waals surface area contributed by atoms with Crippen molar-refractivity contribution in [3.05, 3.63) is 129 Å². The lowest BCUT2D eigenvalue weighted by Crippen LogP contribution is -2.53. The maximum absolute atomic E-state index is 14.4. The molecular weight excluding hydrogens is 608 g/mol. The van der Waals surface area contributed by atoms with Gasteiger partial charge in [0.2, 0.25) is 11.8 Å². The van der Waals surface area contributed by atoms with E-state index in [0.717, 1.165) is 27.1 Å². The number of methoxy groups -OCH3 is 1. The molecule has 2 amide bonds. The fourth-order valence-corrected chi connectivity index (χ4v) is 6.40. The summed E-state index contributed by atoms with van der Waals surface area (Å²) in [6.07, 6.45) is 0.178. The summed E-state index contributed by atoms with van der Waals surface area (Å²) in [4.78, 5) is 39.8. The van der Waals surface area contributed by atoms with E-state index in [1.165, 1.54) is 50.2 Å². The van der Waals surface area contributed by atoms with E-state index in [0.29, 0.717) is 5.75 Å². The maximum atomic E-state index is 14.4. The molecule has 0 aromatic heterocycles. The van der Waals surface area contributed by atoms with Crippen LogP contribution in [0.2, 0.25) is 0 Å². The van der Waals surface area contributed by atoms with Crippen molar-refractivity contribution >= 4 is 33.2 Å². The van der Waals surface area contributed by atoms with Gasteiger partial charge in [0, 0.05) is 31.6 Å². The molecule has 1 unspecified atom stereocenters. The van der Waals surface area contributed by atoms with Gasteiger partial charge in [-0.3, -0.25) is 24.0 Å². The first-order valence-electron chi connectivity index (χ1n) is 14.5. The van der Waals surface area contributed by atoms with E-state index in [1.807, 2.05) is 61.5 Å². The quantitative estimate of drug-likeness (QED) is 0.163. The molecule has 0 radical (unpaired) electrons. The Morgan fingerprint density at radius 3 is 2.15 bits per heavy atom. The number of nitrogens with one attached hydrogen (secondary N) is 1. The molecule has 1 atom stereocenters. The highest BCUT2D eigenvalue weighted by molar-refractivity contribution is 7.92. The Morgan fingerprint density at radius 2 is 1.57 bits per heavy atom. The highest BCUT2D eigenvalue weighted by Crippen LogP contribution is 2.30. The van der Waals surface area contributed by atoms with Gasteiger partial charge in [-0.05, 0) is 55.3 Å². The van der Waals surface area contributed by atoms with Gasteiger partial charge < -0.3 is 15.0 Å². The standard InChI is InChI=1S/C34H36N4O7S/c1-24-10-13-27(14-11-24)22-36(32(34(40)35-3)20-26-8-6-5-7-9-26)33(39)23-37(28-15-17-29(45-4)18-16-28)46(43,44)30-19-12-25(2)31(21-30)38(41)42/h5-19,21,32H,20,22-23H2,1-4H3,(H,35,40). The van der Waals surface area contributed by atoms with Crippen LogP contribution in [-0.2, 0) is 32.6 Å². The summed E-state index contributed by atoms with van der Waals surface area (Å²) in [7, 11) is -1.58. The number of aryl methyl sites for hydroxylation is 2. The van der Waals surface area contributed by atoms with Gasteiger partial charge in [-0.25, -0.2) is 8.42 Å². The van der Waals surface area contributed by atoms with Gasteiger partial charge in [0.05, 0.1) is 22.6 Å². The van der Waals surface area contributed by atoms with E-state index < -0.39 is 39.3 Å². The third-order valence-electron chi connectivity index (χ3n) is 7.60. The molecule has 240 valence electrons. The van der Waals surface area contributed by atoms with Gasteiger partial charge in [-0.15, -0.1) is 0 Å². The van der Waals surface area contributed by atoms with Crippen LogP contribution in [0.1, 0.15) is 22.3 Å². The van der Waals surface area contributed by atoms with Crippen molar-refractivity contribution in [1.29, 1.82) is 0 Å². The molecule has 11 nitrogen and oxygen atoms in total. The number of sulfonamides is 1. The molecule has 0 aliphatic rings. The number of nitro groups is 1. The van der Waals surface area contributed by atoms with Crippen LogP contribution in [0.4, 0.5) is 11.4 Å². The number of nitrogens with zero attached hydrogens (tertiary/aromatic N) is 3. The van der Waals surface area contributed by atoms with Crippen molar-refractivity contribution in [3.8, 4) is 5.75 Å². The van der Waals surface area contributed by atoms with E-state index in [-0.39, 0.29) is 34.8 Å². The number of anilines is 1. The van der Waals surface area contributed by atoms with Crippen molar-refractivity contribution in [2.24, 2.45) is 0 Å². The molecule has 12 heteroatoms. The van der Waals surface area contributed by atoms with Gasteiger partial charge in [0.1, 0.15) is 18.3 Å². The predicted octanol–water partition coefficient (Wildman–Crippen LogP) is 4.80. The topological polar surface area (TPSA) is 139 Å². The summed E-state index contributed by atoms with van der Waals surface area (Å²) in [5, 5.41) is 14.3. The second-order valence-corrected chi connectivity index (χ2v) is 12.6. The Labute approximate surface area is 268 Å². The molecule has 0 heterocycles. The first-order valence-corrected chi connectivity index (χ1v) is 15.9. The third-order valence-corrected chi connectivity index (χ3v) is 9.37. The fraction of sp³-hybridized carbons (Fsp3) is 0.235. The number of nitro benzene ring substituents is 1. The van der Waals surface area contributed by atoms with Crippen molar-refractivity contribution < 1.29 is 27.7 Å². The lowest BCUT2D eigenvalue weighted by molar-refractivity contribution is -0.385. The summed E-state index contributed by atoms with van der Waals surface area (Å²) in [6, 6.07) is 25.4. The molecule has 0 spiro atoms. The molecular formula is C34H36N4O7S. The van der Waals surface area contributed by atoms with Crippen LogP contribution < -0.4 is 14.4 Å². The lowest BCUT2D eigenvalue weighted by Gasteiger charge is -2.33. The van der Waals surface area contributed by atoms with Gasteiger partial charge in [-0.2, -0.15) is 0 Å². The molecule has 4 rings (SSSR count). The van der Waals surface area contributed by atoms with Gasteiger partial charge >= 0.3 is 0 Å². The van der Waals surface area contributed by atoms with Crippen LogP contribution in [0.5, 0.6) is 5.75 Å². The Hall–Kier alpha value is -5.23. The molecule has 0 fully saturated rings. The minimum absolute atomic E-state index is 0.0243. The highest BCUT2D eigenvalue weighted by atomic mass is 32.2. The lowest BCUT2D eigenvalue weighted by atomic mass is 10.0. The summed E-state index contributed by atoms with van der Waals surface area (Å²) in [5.74, 6) is -0.606. The summed E-state index contributed by atoms with van der Waals surface area (Å²) in [6.45, 7) is 2.78. The van der Waals surface area contributed by atoms with Crippen molar-refractivity contribution in [1.82, 2.24) is 10.2 Å². The van der Waals surface area contributed by atoms with E-state index in [4.69, 9.17) is 4.74 Å². The second kappa shape index (κ2) is 14.7. The van der Waals surface area contributed by atoms with Gasteiger partial charge in [0.25, 0.3) is 15.7 Å². The molecule has 0 saturated heterocycles. The van der Waals surface area contributed by atoms with Crippen LogP contribution in [0.25, 0.3) is 0 Å². The highest BCUT2D eigenvalue weighted by Gasteiger charge is 2.35. The van der Waals surface area contributed by atoms with Crippen LogP contribution in [-0.4, -0.2) is 56.8 Å².